The van der Waals surface area contributed by atoms with Crippen molar-refractivity contribution in [3.8, 4) is 0 Å². The molecule has 0 unspecified atom stereocenters. The minimum absolute atomic E-state index is 0.119. The lowest BCUT2D eigenvalue weighted by molar-refractivity contribution is 0.0951. The molecule has 0 bridgehead atoms. The molecule has 0 aliphatic rings. The average Bonchev–Trinajstić information content (AvgIpc) is 2.39. The van der Waals surface area contributed by atoms with Crippen LogP contribution in [-0.4, -0.2) is 5.91 Å². The van der Waals surface area contributed by atoms with Gasteiger partial charge < -0.3 is 11.1 Å². The van der Waals surface area contributed by atoms with Gasteiger partial charge in [-0.1, -0.05) is 28.1 Å². The molecule has 19 heavy (non-hydrogen) atoms. The van der Waals surface area contributed by atoms with Crippen LogP contribution in [0.5, 0.6) is 0 Å². The van der Waals surface area contributed by atoms with Crippen molar-refractivity contribution in [1.82, 2.24) is 5.32 Å². The third-order valence-corrected chi connectivity index (χ3v) is 3.39. The van der Waals surface area contributed by atoms with E-state index in [2.05, 4.69) is 21.2 Å². The van der Waals surface area contributed by atoms with Gasteiger partial charge in [-0.3, -0.25) is 4.79 Å². The molecule has 4 heteroatoms. The van der Waals surface area contributed by atoms with Crippen LogP contribution < -0.4 is 11.1 Å². The average molecular weight is 319 g/mol. The zero-order valence-electron chi connectivity index (χ0n) is 10.6. The highest BCUT2D eigenvalue weighted by Crippen LogP contribution is 2.16. The van der Waals surface area contributed by atoms with E-state index in [1.165, 1.54) is 0 Å². The van der Waals surface area contributed by atoms with Gasteiger partial charge in [0.15, 0.2) is 0 Å². The van der Waals surface area contributed by atoms with Gasteiger partial charge in [0, 0.05) is 22.3 Å². The summed E-state index contributed by atoms with van der Waals surface area (Å²) >= 11 is 3.43. The van der Waals surface area contributed by atoms with Crippen LogP contribution in [0.2, 0.25) is 0 Å². The molecule has 0 radical (unpaired) electrons. The van der Waals surface area contributed by atoms with Crippen LogP contribution in [0.3, 0.4) is 0 Å². The molecule has 0 atom stereocenters. The first kappa shape index (κ1) is 13.6. The Morgan fingerprint density at radius 2 is 2.05 bits per heavy atom. The molecule has 98 valence electrons. The van der Waals surface area contributed by atoms with Gasteiger partial charge in [-0.2, -0.15) is 0 Å². The molecular formula is C15H15BrN2O. The molecule has 0 aliphatic carbocycles. The van der Waals surface area contributed by atoms with Crippen molar-refractivity contribution < 1.29 is 4.79 Å². The number of nitrogens with one attached hydrogen (secondary N) is 1. The lowest BCUT2D eigenvalue weighted by Crippen LogP contribution is -2.23. The molecule has 3 nitrogen and oxygen atoms in total. The number of halogens is 1. The molecule has 2 aromatic carbocycles. The van der Waals surface area contributed by atoms with E-state index in [0.29, 0.717) is 17.8 Å². The van der Waals surface area contributed by atoms with Gasteiger partial charge in [-0.15, -0.1) is 0 Å². The summed E-state index contributed by atoms with van der Waals surface area (Å²) in [5.41, 5.74) is 9.07. The number of hydrogen-bond donors (Lipinski definition) is 2. The number of amides is 1. The van der Waals surface area contributed by atoms with E-state index in [0.717, 1.165) is 15.6 Å². The summed E-state index contributed by atoms with van der Waals surface area (Å²) in [7, 11) is 0. The molecule has 0 aliphatic heterocycles. The Morgan fingerprint density at radius 3 is 2.79 bits per heavy atom. The Kier molecular flexibility index (Phi) is 4.22. The summed E-state index contributed by atoms with van der Waals surface area (Å²) in [6.07, 6.45) is 0. The van der Waals surface area contributed by atoms with Crippen LogP contribution in [0.25, 0.3) is 0 Å². The second kappa shape index (κ2) is 5.89. The molecule has 2 aromatic rings. The number of nitrogen functional groups attached to an aromatic ring is 1. The Hall–Kier alpha value is -1.81. The zero-order chi connectivity index (χ0) is 13.8. The van der Waals surface area contributed by atoms with E-state index in [4.69, 9.17) is 5.73 Å². The number of carbonyl (C=O) groups excluding carboxylic acids is 1. The van der Waals surface area contributed by atoms with Crippen molar-refractivity contribution in [3.63, 3.8) is 0 Å². The highest BCUT2D eigenvalue weighted by Gasteiger charge is 2.06. The number of carbonyl (C=O) groups is 1. The number of nitrogens with two attached hydrogens (primary N) is 1. The molecule has 0 fully saturated rings. The monoisotopic (exact) mass is 318 g/mol. The highest BCUT2D eigenvalue weighted by atomic mass is 79.9. The smallest absolute Gasteiger partial charge is 0.251 e. The van der Waals surface area contributed by atoms with Gasteiger partial charge in [0.05, 0.1) is 0 Å². The maximum atomic E-state index is 12.0. The van der Waals surface area contributed by atoms with Crippen LogP contribution in [0.15, 0.2) is 46.9 Å². The predicted octanol–water partition coefficient (Wildman–Crippen LogP) is 3.27. The van der Waals surface area contributed by atoms with Gasteiger partial charge in [-0.25, -0.2) is 0 Å². The number of hydrogen-bond acceptors (Lipinski definition) is 2. The van der Waals surface area contributed by atoms with E-state index in [9.17, 15) is 4.79 Å². The fourth-order valence-corrected chi connectivity index (χ4v) is 2.20. The maximum absolute atomic E-state index is 12.0. The van der Waals surface area contributed by atoms with Crippen molar-refractivity contribution in [3.05, 3.63) is 63.6 Å². The number of rotatable bonds is 3. The SMILES string of the molecule is Cc1ccc(Br)cc1CNC(=O)c1cccc(N)c1. The first-order valence-electron chi connectivity index (χ1n) is 5.95. The summed E-state index contributed by atoms with van der Waals surface area (Å²) in [5.74, 6) is -0.119. The van der Waals surface area contributed by atoms with Gasteiger partial charge in [0.1, 0.15) is 0 Å². The van der Waals surface area contributed by atoms with Crippen molar-refractivity contribution >= 4 is 27.5 Å². The van der Waals surface area contributed by atoms with E-state index in [1.54, 1.807) is 24.3 Å². The molecule has 0 saturated carbocycles. The molecular weight excluding hydrogens is 304 g/mol. The zero-order valence-corrected chi connectivity index (χ0v) is 12.2. The van der Waals surface area contributed by atoms with Gasteiger partial charge in [-0.05, 0) is 48.4 Å². The van der Waals surface area contributed by atoms with Crippen LogP contribution in [0.1, 0.15) is 21.5 Å². The first-order chi connectivity index (χ1) is 9.06. The lowest BCUT2D eigenvalue weighted by atomic mass is 10.1. The van der Waals surface area contributed by atoms with Gasteiger partial charge >= 0.3 is 0 Å². The highest BCUT2D eigenvalue weighted by molar-refractivity contribution is 9.10. The molecule has 1 amide bonds. The molecule has 0 spiro atoms. The minimum atomic E-state index is -0.119. The lowest BCUT2D eigenvalue weighted by Gasteiger charge is -2.09. The number of anilines is 1. The summed E-state index contributed by atoms with van der Waals surface area (Å²) in [5, 5.41) is 2.90. The predicted molar refractivity (Wildman–Crippen MR) is 80.9 cm³/mol. The Balaban J connectivity index is 2.06. The summed E-state index contributed by atoms with van der Waals surface area (Å²) in [6.45, 7) is 2.52. The summed E-state index contributed by atoms with van der Waals surface area (Å²) in [6, 6.07) is 13.0. The molecule has 2 rings (SSSR count). The second-order valence-corrected chi connectivity index (χ2v) is 5.29. The minimum Gasteiger partial charge on any atom is -0.399 e. The van der Waals surface area contributed by atoms with Crippen LogP contribution in [0, 0.1) is 6.92 Å². The topological polar surface area (TPSA) is 55.1 Å². The Labute approximate surface area is 121 Å². The maximum Gasteiger partial charge on any atom is 0.251 e. The van der Waals surface area contributed by atoms with Crippen molar-refractivity contribution in [2.75, 3.05) is 5.73 Å². The largest absolute Gasteiger partial charge is 0.399 e. The standard InChI is InChI=1S/C15H15BrN2O/c1-10-5-6-13(16)7-12(10)9-18-15(19)11-3-2-4-14(17)8-11/h2-8H,9,17H2,1H3,(H,18,19). The number of aryl methyl sites for hydroxylation is 1. The quantitative estimate of drug-likeness (QED) is 0.853. The third kappa shape index (κ3) is 3.58. The third-order valence-electron chi connectivity index (χ3n) is 2.90. The molecule has 3 N–H and O–H groups in total. The normalized spacial score (nSPS) is 10.2. The van der Waals surface area contributed by atoms with E-state index >= 15 is 0 Å². The summed E-state index contributed by atoms with van der Waals surface area (Å²) in [4.78, 5) is 12.0. The fraction of sp³-hybridized carbons (Fsp3) is 0.133. The molecule has 0 aromatic heterocycles. The van der Waals surface area contributed by atoms with Gasteiger partial charge in [0.2, 0.25) is 0 Å². The van der Waals surface area contributed by atoms with Crippen molar-refractivity contribution in [2.24, 2.45) is 0 Å². The van der Waals surface area contributed by atoms with Crippen LogP contribution >= 0.6 is 15.9 Å². The Bertz CT molecular complexity index is 611. The van der Waals surface area contributed by atoms with Crippen molar-refractivity contribution in [2.45, 2.75) is 13.5 Å². The number of benzene rings is 2. The van der Waals surface area contributed by atoms with Gasteiger partial charge in [0.25, 0.3) is 5.91 Å². The van der Waals surface area contributed by atoms with Crippen LogP contribution in [0.4, 0.5) is 5.69 Å². The molecule has 0 saturated heterocycles. The Morgan fingerprint density at radius 1 is 1.26 bits per heavy atom. The van der Waals surface area contributed by atoms with Crippen molar-refractivity contribution in [1.29, 1.82) is 0 Å². The summed E-state index contributed by atoms with van der Waals surface area (Å²) < 4.78 is 1.01. The fourth-order valence-electron chi connectivity index (χ4n) is 1.79. The van der Waals surface area contributed by atoms with E-state index in [-0.39, 0.29) is 5.91 Å². The van der Waals surface area contributed by atoms with E-state index < -0.39 is 0 Å². The van der Waals surface area contributed by atoms with E-state index in [1.807, 2.05) is 25.1 Å². The molecule has 0 heterocycles. The van der Waals surface area contributed by atoms with Crippen LogP contribution in [-0.2, 0) is 6.54 Å². The second-order valence-electron chi connectivity index (χ2n) is 4.38. The first-order valence-corrected chi connectivity index (χ1v) is 6.74.